The fraction of sp³-hybridized carbons (Fsp3) is 0.250. The van der Waals surface area contributed by atoms with Crippen LogP contribution < -0.4 is 10.0 Å². The molecule has 3 rings (SSSR count). The minimum absolute atomic E-state index is 0.0876. The van der Waals surface area contributed by atoms with Crippen LogP contribution in [0.3, 0.4) is 0 Å². The zero-order valence-corrected chi connectivity index (χ0v) is 17.6. The summed E-state index contributed by atoms with van der Waals surface area (Å²) in [6.07, 6.45) is 5.72. The van der Waals surface area contributed by atoms with Gasteiger partial charge in [0.1, 0.15) is 0 Å². The summed E-state index contributed by atoms with van der Waals surface area (Å²) in [7, 11) is -3.72. The zero-order chi connectivity index (χ0) is 20.7. The fourth-order valence-corrected chi connectivity index (χ4v) is 4.52. The highest BCUT2D eigenvalue weighted by Gasteiger charge is 2.15. The molecule has 0 bridgehead atoms. The Morgan fingerprint density at radius 2 is 1.79 bits per heavy atom. The average Bonchev–Trinajstić information content (AvgIpc) is 3.13. The second-order valence-corrected chi connectivity index (χ2v) is 9.09. The Balaban J connectivity index is 1.48. The maximum atomic E-state index is 12.4. The number of aryl methyl sites for hydroxylation is 2. The number of benzene rings is 1. The summed E-state index contributed by atoms with van der Waals surface area (Å²) in [4.78, 5) is 20.6. The summed E-state index contributed by atoms with van der Waals surface area (Å²) < 4.78 is 27.3. The van der Waals surface area contributed by atoms with Crippen LogP contribution in [0, 0.1) is 6.92 Å². The van der Waals surface area contributed by atoms with Crippen LogP contribution in [-0.2, 0) is 16.4 Å². The lowest BCUT2D eigenvalue weighted by Gasteiger charge is -2.09. The molecule has 0 unspecified atom stereocenters. The van der Waals surface area contributed by atoms with Crippen molar-refractivity contribution >= 4 is 33.0 Å². The first-order valence-corrected chi connectivity index (χ1v) is 11.5. The molecular weight excluding hydrogens is 408 g/mol. The van der Waals surface area contributed by atoms with E-state index in [1.165, 1.54) is 36.7 Å². The van der Waals surface area contributed by atoms with Crippen molar-refractivity contribution in [3.8, 4) is 0 Å². The van der Waals surface area contributed by atoms with Crippen molar-refractivity contribution < 1.29 is 13.2 Å². The summed E-state index contributed by atoms with van der Waals surface area (Å²) >= 11 is 1.66. The fourth-order valence-electron chi connectivity index (χ4n) is 2.64. The first-order chi connectivity index (χ1) is 13.9. The number of pyridine rings is 1. The Morgan fingerprint density at radius 3 is 2.45 bits per heavy atom. The Kier molecular flexibility index (Phi) is 6.95. The molecule has 0 atom stereocenters. The van der Waals surface area contributed by atoms with Crippen molar-refractivity contribution in [2.75, 3.05) is 11.3 Å². The van der Waals surface area contributed by atoms with Gasteiger partial charge in [-0.05, 0) is 62.6 Å². The SMILES string of the molecule is Cc1csc(CCCCNC(=O)c2ccc(S(=O)(=O)Nc3ccncc3)cc2)n1. The number of carbonyl (C=O) groups is 1. The van der Waals surface area contributed by atoms with Gasteiger partial charge in [-0.3, -0.25) is 14.5 Å². The number of nitrogens with one attached hydrogen (secondary N) is 2. The average molecular weight is 431 g/mol. The molecule has 29 heavy (non-hydrogen) atoms. The van der Waals surface area contributed by atoms with Gasteiger partial charge in [0.25, 0.3) is 15.9 Å². The van der Waals surface area contributed by atoms with Gasteiger partial charge in [0, 0.05) is 35.6 Å². The van der Waals surface area contributed by atoms with E-state index in [1.807, 2.05) is 12.3 Å². The number of sulfonamides is 1. The number of nitrogens with zero attached hydrogens (tertiary/aromatic N) is 2. The quantitative estimate of drug-likeness (QED) is 0.507. The Labute approximate surface area is 174 Å². The van der Waals surface area contributed by atoms with E-state index in [0.717, 1.165) is 30.0 Å². The number of rotatable bonds is 9. The lowest BCUT2D eigenvalue weighted by molar-refractivity contribution is 0.0953. The van der Waals surface area contributed by atoms with Crippen LogP contribution in [0.1, 0.15) is 33.9 Å². The Hall–Kier alpha value is -2.78. The number of hydrogen-bond donors (Lipinski definition) is 2. The van der Waals surface area contributed by atoms with Gasteiger partial charge in [-0.15, -0.1) is 11.3 Å². The second kappa shape index (κ2) is 9.62. The largest absolute Gasteiger partial charge is 0.352 e. The molecule has 0 spiro atoms. The van der Waals surface area contributed by atoms with Crippen LogP contribution in [0.25, 0.3) is 0 Å². The molecule has 0 aliphatic heterocycles. The van der Waals surface area contributed by atoms with Crippen LogP contribution in [-0.4, -0.2) is 30.8 Å². The minimum atomic E-state index is -3.72. The molecule has 2 heterocycles. The summed E-state index contributed by atoms with van der Waals surface area (Å²) in [5, 5.41) is 6.01. The van der Waals surface area contributed by atoms with Crippen LogP contribution in [0.5, 0.6) is 0 Å². The number of anilines is 1. The molecule has 1 amide bonds. The predicted octanol–water partition coefficient (Wildman–Crippen LogP) is 3.40. The molecule has 7 nitrogen and oxygen atoms in total. The molecule has 0 aliphatic rings. The van der Waals surface area contributed by atoms with E-state index in [4.69, 9.17) is 0 Å². The maximum absolute atomic E-state index is 12.4. The van der Waals surface area contributed by atoms with Gasteiger partial charge in [-0.2, -0.15) is 0 Å². The maximum Gasteiger partial charge on any atom is 0.261 e. The highest BCUT2D eigenvalue weighted by molar-refractivity contribution is 7.92. The number of amides is 1. The lowest BCUT2D eigenvalue weighted by Crippen LogP contribution is -2.24. The summed E-state index contributed by atoms with van der Waals surface area (Å²) in [5.41, 5.74) is 1.89. The monoisotopic (exact) mass is 430 g/mol. The van der Waals surface area contributed by atoms with Gasteiger partial charge >= 0.3 is 0 Å². The number of aromatic nitrogens is 2. The number of hydrogen-bond acceptors (Lipinski definition) is 6. The number of thiazole rings is 1. The molecule has 2 N–H and O–H groups in total. The smallest absolute Gasteiger partial charge is 0.261 e. The topological polar surface area (TPSA) is 101 Å². The van der Waals surface area contributed by atoms with E-state index < -0.39 is 10.0 Å². The first-order valence-electron chi connectivity index (χ1n) is 9.16. The van der Waals surface area contributed by atoms with Gasteiger partial charge in [-0.1, -0.05) is 0 Å². The minimum Gasteiger partial charge on any atom is -0.352 e. The molecule has 1 aromatic carbocycles. The molecule has 3 aromatic rings. The molecular formula is C20H22N4O3S2. The molecule has 0 saturated carbocycles. The molecule has 2 aromatic heterocycles. The van der Waals surface area contributed by atoms with Crippen molar-refractivity contribution in [3.63, 3.8) is 0 Å². The van der Waals surface area contributed by atoms with Crippen molar-refractivity contribution in [2.24, 2.45) is 0 Å². The predicted molar refractivity (Wildman–Crippen MR) is 114 cm³/mol. The highest BCUT2D eigenvalue weighted by Crippen LogP contribution is 2.16. The number of unbranched alkanes of at least 4 members (excludes halogenated alkanes) is 1. The molecule has 0 radical (unpaired) electrons. The molecule has 0 fully saturated rings. The van der Waals surface area contributed by atoms with Gasteiger partial charge in [0.05, 0.1) is 15.6 Å². The van der Waals surface area contributed by atoms with E-state index in [2.05, 4.69) is 20.0 Å². The van der Waals surface area contributed by atoms with E-state index in [9.17, 15) is 13.2 Å². The zero-order valence-electron chi connectivity index (χ0n) is 16.0. The normalized spacial score (nSPS) is 11.2. The third kappa shape index (κ3) is 6.10. The van der Waals surface area contributed by atoms with Gasteiger partial charge in [-0.25, -0.2) is 13.4 Å². The first kappa shape index (κ1) is 20.9. The van der Waals surface area contributed by atoms with Crippen molar-refractivity contribution in [3.05, 3.63) is 70.4 Å². The summed E-state index contributed by atoms with van der Waals surface area (Å²) in [6, 6.07) is 8.99. The number of carbonyl (C=O) groups excluding carboxylic acids is 1. The van der Waals surface area contributed by atoms with Crippen LogP contribution in [0.15, 0.2) is 59.1 Å². The van der Waals surface area contributed by atoms with Crippen molar-refractivity contribution in [2.45, 2.75) is 31.1 Å². The van der Waals surface area contributed by atoms with Gasteiger partial charge in [0.2, 0.25) is 0 Å². The van der Waals surface area contributed by atoms with E-state index >= 15 is 0 Å². The third-order valence-electron chi connectivity index (χ3n) is 4.13. The lowest BCUT2D eigenvalue weighted by atomic mass is 10.2. The molecule has 152 valence electrons. The Morgan fingerprint density at radius 1 is 1.07 bits per heavy atom. The molecule has 9 heteroatoms. The standard InChI is InChI=1S/C20H22N4O3S2/c1-15-14-28-19(23-15)4-2-3-11-22-20(25)16-5-7-18(8-6-16)29(26,27)24-17-9-12-21-13-10-17/h5-10,12-14H,2-4,11H2,1H3,(H,21,24)(H,22,25). The molecule has 0 aliphatic carbocycles. The van der Waals surface area contributed by atoms with Crippen LogP contribution >= 0.6 is 11.3 Å². The second-order valence-electron chi connectivity index (χ2n) is 6.46. The van der Waals surface area contributed by atoms with E-state index in [1.54, 1.807) is 23.5 Å². The van der Waals surface area contributed by atoms with Crippen LogP contribution in [0.2, 0.25) is 0 Å². The van der Waals surface area contributed by atoms with Crippen molar-refractivity contribution in [1.82, 2.24) is 15.3 Å². The van der Waals surface area contributed by atoms with Gasteiger partial charge in [0.15, 0.2) is 0 Å². The van der Waals surface area contributed by atoms with E-state index in [-0.39, 0.29) is 10.8 Å². The third-order valence-corrected chi connectivity index (χ3v) is 6.55. The Bertz CT molecular complexity index is 1050. The summed E-state index contributed by atoms with van der Waals surface area (Å²) in [5.74, 6) is -0.221. The van der Waals surface area contributed by atoms with E-state index in [0.29, 0.717) is 17.8 Å². The van der Waals surface area contributed by atoms with Crippen molar-refractivity contribution in [1.29, 1.82) is 0 Å². The highest BCUT2D eigenvalue weighted by atomic mass is 32.2. The van der Waals surface area contributed by atoms with Crippen LogP contribution in [0.4, 0.5) is 5.69 Å². The summed E-state index contributed by atoms with van der Waals surface area (Å²) in [6.45, 7) is 2.54. The van der Waals surface area contributed by atoms with Gasteiger partial charge < -0.3 is 5.32 Å². The molecule has 0 saturated heterocycles.